The first-order chi connectivity index (χ1) is 8.26. The average molecular weight is 218 g/mol. The highest BCUT2D eigenvalue weighted by atomic mass is 14.3. The van der Waals surface area contributed by atoms with Gasteiger partial charge in [0.25, 0.3) is 0 Å². The number of nitrogens with zero attached hydrogens (tertiary/aromatic N) is 2. The molecule has 0 saturated heterocycles. The van der Waals surface area contributed by atoms with E-state index in [1.807, 2.05) is 54.6 Å². The van der Waals surface area contributed by atoms with Crippen molar-refractivity contribution in [1.82, 2.24) is 0 Å². The van der Waals surface area contributed by atoms with Crippen LogP contribution < -0.4 is 0 Å². The molecule has 0 aromatic heterocycles. The Labute approximate surface area is 100 Å². The minimum Gasteiger partial charge on any atom is -0.192 e. The summed E-state index contributed by atoms with van der Waals surface area (Å²) in [5.41, 5.74) is 1.81. The van der Waals surface area contributed by atoms with Gasteiger partial charge in [0.15, 0.2) is 0 Å². The molecular weight excluding hydrogens is 208 g/mol. The van der Waals surface area contributed by atoms with Gasteiger partial charge in [0.2, 0.25) is 0 Å². The first kappa shape index (κ1) is 10.9. The molecule has 0 unspecified atom stereocenters. The van der Waals surface area contributed by atoms with Crippen molar-refractivity contribution in [1.29, 1.82) is 10.5 Å². The van der Waals surface area contributed by atoms with Crippen molar-refractivity contribution >= 4 is 16.3 Å². The molecule has 0 bridgehead atoms. The van der Waals surface area contributed by atoms with E-state index >= 15 is 0 Å². The molecule has 2 nitrogen and oxygen atoms in total. The third-order valence-corrected chi connectivity index (χ3v) is 2.78. The van der Waals surface area contributed by atoms with Gasteiger partial charge in [0.1, 0.15) is 17.7 Å². The van der Waals surface area contributed by atoms with Gasteiger partial charge in [0, 0.05) is 0 Å². The number of hydrogen-bond acceptors (Lipinski definition) is 2. The van der Waals surface area contributed by atoms with Gasteiger partial charge in [0.05, 0.1) is 0 Å². The Morgan fingerprint density at radius 1 is 0.941 bits per heavy atom. The van der Waals surface area contributed by atoms with E-state index in [1.54, 1.807) is 6.92 Å². The largest absolute Gasteiger partial charge is 0.192 e. The molecule has 0 radical (unpaired) electrons. The molecule has 2 heteroatoms. The lowest BCUT2D eigenvalue weighted by Crippen LogP contribution is -1.85. The molecule has 0 spiro atoms. The minimum atomic E-state index is 0.167. The maximum Gasteiger partial charge on any atom is 0.133 e. The fourth-order valence-electron chi connectivity index (χ4n) is 1.76. The van der Waals surface area contributed by atoms with Gasteiger partial charge in [-0.25, -0.2) is 0 Å². The third kappa shape index (κ3) is 2.02. The van der Waals surface area contributed by atoms with Crippen molar-refractivity contribution < 1.29 is 0 Å². The zero-order valence-electron chi connectivity index (χ0n) is 9.44. The van der Waals surface area contributed by atoms with Crippen molar-refractivity contribution in [2.75, 3.05) is 0 Å². The number of benzene rings is 2. The van der Waals surface area contributed by atoms with Gasteiger partial charge in [-0.05, 0) is 34.9 Å². The van der Waals surface area contributed by atoms with Crippen LogP contribution in [0.15, 0.2) is 48.0 Å². The van der Waals surface area contributed by atoms with Crippen LogP contribution in [0.3, 0.4) is 0 Å². The number of fused-ring (bicyclic) bond motifs is 1. The molecule has 2 aromatic carbocycles. The van der Waals surface area contributed by atoms with Crippen LogP contribution in [0.1, 0.15) is 12.5 Å². The van der Waals surface area contributed by atoms with E-state index in [9.17, 15) is 0 Å². The van der Waals surface area contributed by atoms with E-state index < -0.39 is 0 Å². The third-order valence-electron chi connectivity index (χ3n) is 2.78. The summed E-state index contributed by atoms with van der Waals surface area (Å²) in [5, 5.41) is 19.9. The Morgan fingerprint density at radius 3 is 2.24 bits per heavy atom. The number of hydrogen-bond donors (Lipinski definition) is 0. The van der Waals surface area contributed by atoms with Crippen molar-refractivity contribution in [2.24, 2.45) is 0 Å². The summed E-state index contributed by atoms with van der Waals surface area (Å²) in [4.78, 5) is 0. The van der Waals surface area contributed by atoms with Crippen molar-refractivity contribution in [3.63, 3.8) is 0 Å². The minimum absolute atomic E-state index is 0.167. The SMILES string of the molecule is CC(=C(C#N)C#N)c1ccc2ccccc2c1. The van der Waals surface area contributed by atoms with Gasteiger partial charge in [-0.15, -0.1) is 0 Å². The Bertz CT molecular complexity index is 666. The highest BCUT2D eigenvalue weighted by Crippen LogP contribution is 2.22. The summed E-state index contributed by atoms with van der Waals surface area (Å²) in [7, 11) is 0. The molecule has 0 atom stereocenters. The van der Waals surface area contributed by atoms with E-state index in [2.05, 4.69) is 0 Å². The van der Waals surface area contributed by atoms with Crippen molar-refractivity contribution in [2.45, 2.75) is 6.92 Å². The second kappa shape index (κ2) is 4.51. The highest BCUT2D eigenvalue weighted by Gasteiger charge is 2.04. The summed E-state index contributed by atoms with van der Waals surface area (Å²) in [6.45, 7) is 1.80. The molecule has 0 aliphatic heterocycles. The van der Waals surface area contributed by atoms with Crippen LogP contribution in [0.4, 0.5) is 0 Å². The van der Waals surface area contributed by atoms with E-state index in [-0.39, 0.29) is 5.57 Å². The second-order valence-electron chi connectivity index (χ2n) is 3.79. The normalized spacial score (nSPS) is 9.35. The number of allylic oxidation sites excluding steroid dienone is 2. The van der Waals surface area contributed by atoms with E-state index in [0.717, 1.165) is 21.9 Å². The maximum atomic E-state index is 8.84. The van der Waals surface area contributed by atoms with Crippen molar-refractivity contribution in [3.05, 3.63) is 53.6 Å². The molecule has 0 aliphatic carbocycles. The molecule has 2 rings (SSSR count). The lowest BCUT2D eigenvalue weighted by Gasteiger charge is -2.03. The second-order valence-corrected chi connectivity index (χ2v) is 3.79. The van der Waals surface area contributed by atoms with Crippen LogP contribution in [0, 0.1) is 22.7 Å². The zero-order chi connectivity index (χ0) is 12.3. The molecule has 0 heterocycles. The van der Waals surface area contributed by atoms with E-state index in [0.29, 0.717) is 0 Å². The summed E-state index contributed by atoms with van der Waals surface area (Å²) < 4.78 is 0. The Balaban J connectivity index is 2.63. The predicted octanol–water partition coefficient (Wildman–Crippen LogP) is 3.66. The summed E-state index contributed by atoms with van der Waals surface area (Å²) in [5.74, 6) is 0. The lowest BCUT2D eigenvalue weighted by atomic mass is 9.99. The monoisotopic (exact) mass is 218 g/mol. The Morgan fingerprint density at radius 2 is 1.59 bits per heavy atom. The van der Waals surface area contributed by atoms with Crippen LogP contribution in [0.25, 0.3) is 16.3 Å². The highest BCUT2D eigenvalue weighted by molar-refractivity contribution is 5.87. The topological polar surface area (TPSA) is 47.6 Å². The first-order valence-corrected chi connectivity index (χ1v) is 5.26. The van der Waals surface area contributed by atoms with Gasteiger partial charge < -0.3 is 0 Å². The smallest absolute Gasteiger partial charge is 0.133 e. The standard InChI is InChI=1S/C15H10N2/c1-11(15(9-16)10-17)13-7-6-12-4-2-3-5-14(12)8-13/h2-8H,1H3. The Kier molecular flexibility index (Phi) is 2.90. The van der Waals surface area contributed by atoms with E-state index in [4.69, 9.17) is 10.5 Å². The van der Waals surface area contributed by atoms with Crippen LogP contribution >= 0.6 is 0 Å². The zero-order valence-corrected chi connectivity index (χ0v) is 9.44. The summed E-state index contributed by atoms with van der Waals surface area (Å²) in [6, 6.07) is 17.8. The molecule has 0 fully saturated rings. The molecule has 17 heavy (non-hydrogen) atoms. The lowest BCUT2D eigenvalue weighted by molar-refractivity contribution is 1.45. The number of nitriles is 2. The fourth-order valence-corrected chi connectivity index (χ4v) is 1.76. The fraction of sp³-hybridized carbons (Fsp3) is 0.0667. The van der Waals surface area contributed by atoms with Gasteiger partial charge in [-0.2, -0.15) is 10.5 Å². The van der Waals surface area contributed by atoms with Crippen LogP contribution in [-0.2, 0) is 0 Å². The molecule has 0 aliphatic rings. The van der Waals surface area contributed by atoms with Crippen molar-refractivity contribution in [3.8, 4) is 12.1 Å². The molecular formula is C15H10N2. The van der Waals surface area contributed by atoms with Crippen LogP contribution in [0.2, 0.25) is 0 Å². The molecule has 0 N–H and O–H groups in total. The van der Waals surface area contributed by atoms with Gasteiger partial charge >= 0.3 is 0 Å². The summed E-state index contributed by atoms with van der Waals surface area (Å²) >= 11 is 0. The predicted molar refractivity (Wildman–Crippen MR) is 67.8 cm³/mol. The quantitative estimate of drug-likeness (QED) is 0.686. The molecule has 80 valence electrons. The van der Waals surface area contributed by atoms with E-state index in [1.165, 1.54) is 0 Å². The van der Waals surface area contributed by atoms with Crippen LogP contribution in [0.5, 0.6) is 0 Å². The van der Waals surface area contributed by atoms with Gasteiger partial charge in [-0.3, -0.25) is 0 Å². The molecule has 2 aromatic rings. The molecule has 0 amide bonds. The first-order valence-electron chi connectivity index (χ1n) is 5.26. The molecule has 0 saturated carbocycles. The Hall–Kier alpha value is -2.58. The number of rotatable bonds is 1. The van der Waals surface area contributed by atoms with Gasteiger partial charge in [-0.1, -0.05) is 36.4 Å². The van der Waals surface area contributed by atoms with Crippen LogP contribution in [-0.4, -0.2) is 0 Å². The summed E-state index contributed by atoms with van der Waals surface area (Å²) in [6.07, 6.45) is 0. The average Bonchev–Trinajstić information content (AvgIpc) is 2.39. The maximum absolute atomic E-state index is 8.84.